The Morgan fingerprint density at radius 1 is 0.667 bits per heavy atom. The minimum atomic E-state index is -0.582. The Morgan fingerprint density at radius 3 is 1.77 bits per heavy atom. The van der Waals surface area contributed by atoms with Gasteiger partial charge in [-0.3, -0.25) is 0 Å². The van der Waals surface area contributed by atoms with E-state index >= 15 is 0 Å². The highest BCUT2D eigenvalue weighted by Gasteiger charge is 2.47. The molecule has 0 unspecified atom stereocenters. The van der Waals surface area contributed by atoms with Gasteiger partial charge in [-0.15, -0.1) is 0 Å². The summed E-state index contributed by atoms with van der Waals surface area (Å²) in [6.07, 6.45) is 0.977. The SMILES string of the molecule is CCCOc1ccc(C2(c3ccccc3O)c3ccccc3-c3ccccc32)cc1. The average molecular weight is 392 g/mol. The highest BCUT2D eigenvalue weighted by atomic mass is 16.5. The van der Waals surface area contributed by atoms with Crippen LogP contribution < -0.4 is 4.74 Å². The molecular weight excluding hydrogens is 368 g/mol. The standard InChI is InChI=1S/C28H24O2/c1-2-19-30-21-17-15-20(16-18-21)28(26-13-7-8-14-27(26)29)24-11-5-3-9-22(24)23-10-4-6-12-25(23)28/h3-18,29H,2,19H2,1H3. The summed E-state index contributed by atoms with van der Waals surface area (Å²) in [5, 5.41) is 11.0. The summed E-state index contributed by atoms with van der Waals surface area (Å²) >= 11 is 0. The quantitative estimate of drug-likeness (QED) is 0.368. The Balaban J connectivity index is 1.83. The molecule has 4 aromatic rings. The van der Waals surface area contributed by atoms with E-state index < -0.39 is 5.41 Å². The highest BCUT2D eigenvalue weighted by molar-refractivity contribution is 5.86. The van der Waals surface area contributed by atoms with Crippen molar-refractivity contribution in [3.63, 3.8) is 0 Å². The molecule has 0 saturated heterocycles. The molecule has 5 rings (SSSR count). The zero-order chi connectivity index (χ0) is 20.6. The molecule has 0 saturated carbocycles. The monoisotopic (exact) mass is 392 g/mol. The van der Waals surface area contributed by atoms with Gasteiger partial charge in [0.1, 0.15) is 11.5 Å². The van der Waals surface area contributed by atoms with Crippen LogP contribution in [0.4, 0.5) is 0 Å². The number of benzene rings is 4. The fraction of sp³-hybridized carbons (Fsp3) is 0.143. The van der Waals surface area contributed by atoms with Crippen LogP contribution >= 0.6 is 0 Å². The van der Waals surface area contributed by atoms with Crippen LogP contribution in [-0.2, 0) is 5.41 Å². The zero-order valence-corrected chi connectivity index (χ0v) is 17.0. The molecule has 0 atom stereocenters. The van der Waals surface area contributed by atoms with Crippen LogP contribution in [0.5, 0.6) is 11.5 Å². The summed E-state index contributed by atoms with van der Waals surface area (Å²) in [5.41, 5.74) is 6.23. The summed E-state index contributed by atoms with van der Waals surface area (Å²) in [5.74, 6) is 1.17. The van der Waals surface area contributed by atoms with Crippen molar-refractivity contribution in [2.45, 2.75) is 18.8 Å². The van der Waals surface area contributed by atoms with Gasteiger partial charge >= 0.3 is 0 Å². The fourth-order valence-electron chi connectivity index (χ4n) is 4.80. The molecule has 2 heteroatoms. The Hall–Kier alpha value is -3.52. The van der Waals surface area contributed by atoms with E-state index in [1.165, 1.54) is 22.3 Å². The molecule has 2 nitrogen and oxygen atoms in total. The topological polar surface area (TPSA) is 29.5 Å². The van der Waals surface area contributed by atoms with Crippen LogP contribution in [-0.4, -0.2) is 11.7 Å². The summed E-state index contributed by atoms with van der Waals surface area (Å²) in [7, 11) is 0. The maximum atomic E-state index is 11.0. The van der Waals surface area contributed by atoms with E-state index in [1.54, 1.807) is 6.07 Å². The van der Waals surface area contributed by atoms with Gasteiger partial charge in [0.05, 0.1) is 12.0 Å². The van der Waals surface area contributed by atoms with Crippen molar-refractivity contribution in [2.24, 2.45) is 0 Å². The van der Waals surface area contributed by atoms with Gasteiger partial charge in [0.15, 0.2) is 0 Å². The van der Waals surface area contributed by atoms with Gasteiger partial charge in [0.25, 0.3) is 0 Å². The molecule has 0 heterocycles. The number of aromatic hydroxyl groups is 1. The molecule has 0 bridgehead atoms. The van der Waals surface area contributed by atoms with Gasteiger partial charge in [0, 0.05) is 5.56 Å². The van der Waals surface area contributed by atoms with Crippen molar-refractivity contribution < 1.29 is 9.84 Å². The number of fused-ring (bicyclic) bond motifs is 3. The lowest BCUT2D eigenvalue weighted by molar-refractivity contribution is 0.317. The smallest absolute Gasteiger partial charge is 0.120 e. The van der Waals surface area contributed by atoms with E-state index in [9.17, 15) is 5.11 Å². The normalized spacial score (nSPS) is 13.5. The van der Waals surface area contributed by atoms with Gasteiger partial charge in [-0.2, -0.15) is 0 Å². The Labute approximate surface area is 177 Å². The van der Waals surface area contributed by atoms with Crippen LogP contribution in [0.25, 0.3) is 11.1 Å². The first-order valence-electron chi connectivity index (χ1n) is 10.5. The van der Waals surface area contributed by atoms with Crippen LogP contribution in [0.15, 0.2) is 97.1 Å². The molecule has 0 aliphatic heterocycles. The predicted octanol–water partition coefficient (Wildman–Crippen LogP) is 6.54. The first-order chi connectivity index (χ1) is 14.8. The Morgan fingerprint density at radius 2 is 1.20 bits per heavy atom. The molecule has 1 N–H and O–H groups in total. The van der Waals surface area contributed by atoms with Gasteiger partial charge in [-0.1, -0.05) is 85.8 Å². The average Bonchev–Trinajstić information content (AvgIpc) is 3.10. The second kappa shape index (κ2) is 7.38. The second-order valence-corrected chi connectivity index (χ2v) is 7.73. The number of ether oxygens (including phenoxy) is 1. The van der Waals surface area contributed by atoms with Crippen LogP contribution in [0.3, 0.4) is 0 Å². The minimum absolute atomic E-state index is 0.301. The Kier molecular flexibility index (Phi) is 4.55. The van der Waals surface area contributed by atoms with Gasteiger partial charge in [-0.05, 0) is 52.4 Å². The third kappa shape index (κ3) is 2.64. The lowest BCUT2D eigenvalue weighted by Gasteiger charge is -2.34. The molecule has 0 spiro atoms. The van der Waals surface area contributed by atoms with E-state index in [0.717, 1.165) is 23.3 Å². The molecule has 0 amide bonds. The molecule has 1 aliphatic carbocycles. The van der Waals surface area contributed by atoms with Crippen molar-refractivity contribution in [1.82, 2.24) is 0 Å². The van der Waals surface area contributed by atoms with E-state index in [2.05, 4.69) is 67.6 Å². The van der Waals surface area contributed by atoms with Crippen LogP contribution in [0.2, 0.25) is 0 Å². The largest absolute Gasteiger partial charge is 0.508 e. The third-order valence-electron chi connectivity index (χ3n) is 6.02. The van der Waals surface area contributed by atoms with Crippen molar-refractivity contribution in [3.05, 3.63) is 119 Å². The van der Waals surface area contributed by atoms with Crippen LogP contribution in [0, 0.1) is 0 Å². The van der Waals surface area contributed by atoms with Crippen LogP contribution in [0.1, 0.15) is 35.6 Å². The number of phenolic OH excluding ortho intramolecular Hbond substituents is 1. The highest BCUT2D eigenvalue weighted by Crippen LogP contribution is 2.57. The van der Waals surface area contributed by atoms with Crippen molar-refractivity contribution in [1.29, 1.82) is 0 Å². The number of rotatable bonds is 5. The summed E-state index contributed by atoms with van der Waals surface area (Å²) in [4.78, 5) is 0. The molecule has 1 aliphatic rings. The van der Waals surface area contributed by atoms with Gasteiger partial charge < -0.3 is 9.84 Å². The fourth-order valence-corrected chi connectivity index (χ4v) is 4.80. The third-order valence-corrected chi connectivity index (χ3v) is 6.02. The lowest BCUT2D eigenvalue weighted by atomic mass is 9.67. The van der Waals surface area contributed by atoms with E-state index in [1.807, 2.05) is 30.3 Å². The van der Waals surface area contributed by atoms with Gasteiger partial charge in [0.2, 0.25) is 0 Å². The zero-order valence-electron chi connectivity index (χ0n) is 17.0. The number of phenols is 1. The van der Waals surface area contributed by atoms with E-state index in [-0.39, 0.29) is 0 Å². The maximum absolute atomic E-state index is 11.0. The first-order valence-corrected chi connectivity index (χ1v) is 10.5. The number of hydrogen-bond acceptors (Lipinski definition) is 2. The molecule has 30 heavy (non-hydrogen) atoms. The molecule has 0 radical (unpaired) electrons. The van der Waals surface area contributed by atoms with Crippen molar-refractivity contribution in [2.75, 3.05) is 6.61 Å². The van der Waals surface area contributed by atoms with E-state index in [4.69, 9.17) is 4.74 Å². The molecular formula is C28H24O2. The maximum Gasteiger partial charge on any atom is 0.120 e. The summed E-state index contributed by atoms with van der Waals surface area (Å²) < 4.78 is 5.82. The summed E-state index contributed by atoms with van der Waals surface area (Å²) in [6.45, 7) is 2.81. The second-order valence-electron chi connectivity index (χ2n) is 7.73. The molecule has 148 valence electrons. The van der Waals surface area contributed by atoms with Crippen molar-refractivity contribution in [3.8, 4) is 22.6 Å². The first kappa shape index (κ1) is 18.5. The Bertz CT molecular complexity index is 1150. The van der Waals surface area contributed by atoms with Gasteiger partial charge in [-0.25, -0.2) is 0 Å². The molecule has 0 fully saturated rings. The molecule has 0 aromatic heterocycles. The lowest BCUT2D eigenvalue weighted by Crippen LogP contribution is -2.28. The number of para-hydroxylation sites is 1. The summed E-state index contributed by atoms with van der Waals surface area (Å²) in [6, 6.07) is 33.1. The predicted molar refractivity (Wildman–Crippen MR) is 121 cm³/mol. The molecule has 4 aromatic carbocycles. The minimum Gasteiger partial charge on any atom is -0.508 e. The van der Waals surface area contributed by atoms with E-state index in [0.29, 0.717) is 12.4 Å². The van der Waals surface area contributed by atoms with Crippen molar-refractivity contribution >= 4 is 0 Å². The number of hydrogen-bond donors (Lipinski definition) is 1.